The molecular formula is C16H13Cl2NO3. The second-order valence-electron chi connectivity index (χ2n) is 5.34. The van der Waals surface area contributed by atoms with Crippen molar-refractivity contribution in [1.82, 2.24) is 0 Å². The van der Waals surface area contributed by atoms with Gasteiger partial charge in [-0.2, -0.15) is 0 Å². The highest BCUT2D eigenvalue weighted by Gasteiger charge is 2.28. The summed E-state index contributed by atoms with van der Waals surface area (Å²) in [5.41, 5.74) is 2.97. The minimum absolute atomic E-state index is 0.0323. The molecule has 0 radical (unpaired) electrons. The van der Waals surface area contributed by atoms with E-state index in [1.165, 1.54) is 12.1 Å². The van der Waals surface area contributed by atoms with Gasteiger partial charge in [0.15, 0.2) is 0 Å². The van der Waals surface area contributed by atoms with Crippen molar-refractivity contribution in [2.24, 2.45) is 0 Å². The molecule has 0 aliphatic carbocycles. The fraction of sp³-hybridized carbons (Fsp3) is 0.250. The molecule has 0 spiro atoms. The summed E-state index contributed by atoms with van der Waals surface area (Å²) in [6.07, 6.45) is 0.495. The van der Waals surface area contributed by atoms with Crippen LogP contribution in [0, 0.1) is 10.1 Å². The molecule has 0 fully saturated rings. The molecule has 1 aliphatic heterocycles. The summed E-state index contributed by atoms with van der Waals surface area (Å²) in [6.45, 7) is 1.99. The van der Waals surface area contributed by atoms with Crippen LogP contribution in [0.25, 0.3) is 0 Å². The van der Waals surface area contributed by atoms with Gasteiger partial charge in [-0.3, -0.25) is 10.1 Å². The van der Waals surface area contributed by atoms with E-state index in [2.05, 4.69) is 0 Å². The number of hydrogen-bond donors (Lipinski definition) is 0. The number of nitro groups is 1. The first kappa shape index (κ1) is 15.3. The molecule has 4 nitrogen and oxygen atoms in total. The predicted octanol–water partition coefficient (Wildman–Crippen LogP) is 4.95. The number of ether oxygens (including phenoxy) is 1. The van der Waals surface area contributed by atoms with Crippen LogP contribution in [0.3, 0.4) is 0 Å². The van der Waals surface area contributed by atoms with E-state index in [0.717, 1.165) is 23.1 Å². The highest BCUT2D eigenvalue weighted by atomic mass is 35.5. The van der Waals surface area contributed by atoms with Crippen molar-refractivity contribution in [3.05, 3.63) is 73.2 Å². The normalized spacial score (nSPS) is 20.5. The quantitative estimate of drug-likeness (QED) is 0.575. The molecule has 2 unspecified atom stereocenters. The summed E-state index contributed by atoms with van der Waals surface area (Å²) < 4.78 is 6.02. The molecule has 3 rings (SSSR count). The number of halogens is 2. The number of non-ortho nitro benzene ring substituents is 1. The van der Waals surface area contributed by atoms with E-state index >= 15 is 0 Å². The fourth-order valence-corrected chi connectivity index (χ4v) is 3.07. The van der Waals surface area contributed by atoms with E-state index in [1.54, 1.807) is 12.1 Å². The van der Waals surface area contributed by atoms with Crippen LogP contribution in [0.1, 0.15) is 29.7 Å². The first-order valence-electron chi connectivity index (χ1n) is 6.83. The molecule has 2 aromatic rings. The Labute approximate surface area is 137 Å². The lowest BCUT2D eigenvalue weighted by Gasteiger charge is -2.31. The van der Waals surface area contributed by atoms with Crippen LogP contribution in [0.5, 0.6) is 0 Å². The van der Waals surface area contributed by atoms with Crippen LogP contribution in [-0.4, -0.2) is 11.0 Å². The molecule has 22 heavy (non-hydrogen) atoms. The molecular weight excluding hydrogens is 325 g/mol. The van der Waals surface area contributed by atoms with Gasteiger partial charge in [0.25, 0.3) is 5.69 Å². The Morgan fingerprint density at radius 2 is 1.82 bits per heavy atom. The van der Waals surface area contributed by atoms with Gasteiger partial charge in [-0.1, -0.05) is 23.2 Å². The highest BCUT2D eigenvalue weighted by molar-refractivity contribution is 6.42. The monoisotopic (exact) mass is 337 g/mol. The largest absolute Gasteiger partial charge is 0.365 e. The maximum atomic E-state index is 10.8. The number of nitro benzene ring substituents is 1. The summed E-state index contributed by atoms with van der Waals surface area (Å²) in [5.74, 6) is 0. The average Bonchev–Trinajstić information content (AvgIpc) is 2.48. The minimum Gasteiger partial charge on any atom is -0.365 e. The molecule has 114 valence electrons. The molecule has 0 saturated carbocycles. The number of nitrogens with zero attached hydrogens (tertiary/aromatic N) is 1. The second kappa shape index (κ2) is 5.88. The molecule has 2 aromatic carbocycles. The van der Waals surface area contributed by atoms with Crippen molar-refractivity contribution < 1.29 is 9.66 Å². The zero-order chi connectivity index (χ0) is 15.9. The average molecular weight is 338 g/mol. The molecule has 0 N–H and O–H groups in total. The maximum absolute atomic E-state index is 10.8. The molecule has 6 heteroatoms. The number of fused-ring (bicyclic) bond motifs is 1. The molecule has 2 atom stereocenters. The molecule has 1 heterocycles. The van der Waals surface area contributed by atoms with E-state index in [4.69, 9.17) is 27.9 Å². The number of rotatable bonds is 2. The van der Waals surface area contributed by atoms with Crippen molar-refractivity contribution in [3.8, 4) is 0 Å². The van der Waals surface area contributed by atoms with Crippen LogP contribution in [0.15, 0.2) is 36.4 Å². The number of hydrogen-bond acceptors (Lipinski definition) is 3. The summed E-state index contributed by atoms with van der Waals surface area (Å²) in [4.78, 5) is 10.3. The summed E-state index contributed by atoms with van der Waals surface area (Å²) >= 11 is 12.2. The van der Waals surface area contributed by atoms with Gasteiger partial charge in [0, 0.05) is 12.1 Å². The van der Waals surface area contributed by atoms with Gasteiger partial charge in [0.1, 0.15) is 6.10 Å². The highest BCUT2D eigenvalue weighted by Crippen LogP contribution is 2.39. The molecule has 0 aromatic heterocycles. The van der Waals surface area contributed by atoms with Gasteiger partial charge in [0.2, 0.25) is 0 Å². The standard InChI is InChI=1S/C16H13Cl2NO3/c1-9-6-11-7-14(17)15(18)8-13(11)16(22-9)10-2-4-12(5-3-10)19(20)21/h2-5,7-9,16H,6H2,1H3. The zero-order valence-electron chi connectivity index (χ0n) is 11.8. The van der Waals surface area contributed by atoms with Crippen molar-refractivity contribution >= 4 is 28.9 Å². The van der Waals surface area contributed by atoms with E-state index in [1.807, 2.05) is 19.1 Å². The topological polar surface area (TPSA) is 52.4 Å². The van der Waals surface area contributed by atoms with Crippen molar-refractivity contribution in [2.75, 3.05) is 0 Å². The van der Waals surface area contributed by atoms with Gasteiger partial charge in [0.05, 0.1) is 21.1 Å². The third-order valence-electron chi connectivity index (χ3n) is 3.75. The summed E-state index contributed by atoms with van der Waals surface area (Å²) in [6, 6.07) is 10.1. The van der Waals surface area contributed by atoms with Crippen LogP contribution in [0.4, 0.5) is 5.69 Å². The third kappa shape index (κ3) is 2.82. The minimum atomic E-state index is -0.418. The Hall–Kier alpha value is -1.62. The van der Waals surface area contributed by atoms with E-state index in [9.17, 15) is 10.1 Å². The van der Waals surface area contributed by atoms with Crippen LogP contribution in [-0.2, 0) is 11.2 Å². The van der Waals surface area contributed by atoms with Gasteiger partial charge in [-0.15, -0.1) is 0 Å². The summed E-state index contributed by atoms with van der Waals surface area (Å²) in [7, 11) is 0. The Morgan fingerprint density at radius 3 is 2.45 bits per heavy atom. The van der Waals surface area contributed by atoms with E-state index < -0.39 is 4.92 Å². The molecule has 0 bridgehead atoms. The lowest BCUT2D eigenvalue weighted by atomic mass is 9.91. The molecule has 0 amide bonds. The smallest absolute Gasteiger partial charge is 0.269 e. The predicted molar refractivity (Wildman–Crippen MR) is 85.7 cm³/mol. The van der Waals surface area contributed by atoms with E-state index in [0.29, 0.717) is 10.0 Å². The van der Waals surface area contributed by atoms with Gasteiger partial charge in [-0.05, 0) is 54.3 Å². The zero-order valence-corrected chi connectivity index (χ0v) is 13.3. The van der Waals surface area contributed by atoms with Crippen LogP contribution in [0.2, 0.25) is 10.0 Å². The van der Waals surface area contributed by atoms with Gasteiger partial charge in [-0.25, -0.2) is 0 Å². The second-order valence-corrected chi connectivity index (χ2v) is 6.16. The van der Waals surface area contributed by atoms with Crippen molar-refractivity contribution in [3.63, 3.8) is 0 Å². The van der Waals surface area contributed by atoms with Gasteiger partial charge >= 0.3 is 0 Å². The Balaban J connectivity index is 2.04. The lowest BCUT2D eigenvalue weighted by Crippen LogP contribution is -2.24. The van der Waals surface area contributed by atoms with Crippen LogP contribution >= 0.6 is 23.2 Å². The van der Waals surface area contributed by atoms with E-state index in [-0.39, 0.29) is 17.9 Å². The van der Waals surface area contributed by atoms with Crippen molar-refractivity contribution in [1.29, 1.82) is 0 Å². The molecule has 0 saturated heterocycles. The first-order chi connectivity index (χ1) is 10.5. The fourth-order valence-electron chi connectivity index (χ4n) is 2.72. The lowest BCUT2D eigenvalue weighted by molar-refractivity contribution is -0.384. The van der Waals surface area contributed by atoms with Crippen LogP contribution < -0.4 is 0 Å². The first-order valence-corrected chi connectivity index (χ1v) is 7.59. The SMILES string of the molecule is CC1Cc2cc(Cl)c(Cl)cc2C(c2ccc([N+](=O)[O-])cc2)O1. The Morgan fingerprint density at radius 1 is 1.18 bits per heavy atom. The Kier molecular flexibility index (Phi) is 4.08. The number of benzene rings is 2. The van der Waals surface area contributed by atoms with Crippen molar-refractivity contribution in [2.45, 2.75) is 25.6 Å². The molecule has 1 aliphatic rings. The third-order valence-corrected chi connectivity index (χ3v) is 4.47. The van der Waals surface area contributed by atoms with Gasteiger partial charge < -0.3 is 4.74 Å². The maximum Gasteiger partial charge on any atom is 0.269 e. The Bertz CT molecular complexity index is 731. The summed E-state index contributed by atoms with van der Waals surface area (Å²) in [5, 5.41) is 11.8.